The summed E-state index contributed by atoms with van der Waals surface area (Å²) in [5, 5.41) is 0. The maximum atomic E-state index is 13.0. The van der Waals surface area contributed by atoms with Crippen LogP contribution in [-0.2, 0) is 0 Å². The minimum absolute atomic E-state index is 0.192. The first kappa shape index (κ1) is 18.0. The molecule has 0 heterocycles. The van der Waals surface area contributed by atoms with Crippen LogP contribution in [0.4, 0.5) is 4.39 Å². The van der Waals surface area contributed by atoms with Gasteiger partial charge in [-0.2, -0.15) is 0 Å². The summed E-state index contributed by atoms with van der Waals surface area (Å²) in [6, 6.07) is 5.03. The van der Waals surface area contributed by atoms with Crippen molar-refractivity contribution in [3.63, 3.8) is 0 Å². The molecule has 0 aliphatic heterocycles. The molecule has 1 heteroatoms. The average Bonchev–Trinajstić information content (AvgIpc) is 2.35. The highest BCUT2D eigenvalue weighted by molar-refractivity contribution is 5.62. The van der Waals surface area contributed by atoms with E-state index >= 15 is 0 Å². The van der Waals surface area contributed by atoms with Crippen LogP contribution in [0.3, 0.4) is 0 Å². The lowest BCUT2D eigenvalue weighted by molar-refractivity contribution is 0.623. The Balaban J connectivity index is 0. The Kier molecular flexibility index (Phi) is 11.8. The summed E-state index contributed by atoms with van der Waals surface area (Å²) in [6.07, 6.45) is 2.96. The van der Waals surface area contributed by atoms with Crippen molar-refractivity contribution in [3.8, 4) is 0 Å². The topological polar surface area (TPSA) is 0 Å². The van der Waals surface area contributed by atoms with E-state index < -0.39 is 0 Å². The normalized spacial score (nSPS) is 8.12. The van der Waals surface area contributed by atoms with Crippen LogP contribution in [0.1, 0.15) is 45.2 Å². The van der Waals surface area contributed by atoms with Gasteiger partial charge in [-0.15, -0.1) is 6.58 Å². The van der Waals surface area contributed by atoms with Gasteiger partial charge >= 0.3 is 0 Å². The molecule has 0 N–H and O–H groups in total. The fraction of sp³-hybridized carbons (Fsp3) is 0.375. The second kappa shape index (κ2) is 11.1. The van der Waals surface area contributed by atoms with E-state index in [1.54, 1.807) is 19.1 Å². The van der Waals surface area contributed by atoms with Crippen molar-refractivity contribution < 1.29 is 4.39 Å². The van der Waals surface area contributed by atoms with E-state index in [9.17, 15) is 4.39 Å². The first-order chi connectivity index (χ1) is 8.02. The Morgan fingerprint density at radius 2 is 1.82 bits per heavy atom. The van der Waals surface area contributed by atoms with Crippen LogP contribution in [0.5, 0.6) is 0 Å². The molecule has 0 bridgehead atoms. The molecule has 0 aliphatic rings. The summed E-state index contributed by atoms with van der Waals surface area (Å²) in [6.45, 7) is 17.0. The van der Waals surface area contributed by atoms with Crippen molar-refractivity contribution in [3.05, 3.63) is 54.4 Å². The van der Waals surface area contributed by atoms with Crippen molar-refractivity contribution in [2.24, 2.45) is 0 Å². The van der Waals surface area contributed by atoms with Crippen LogP contribution in [0.15, 0.2) is 37.4 Å². The summed E-state index contributed by atoms with van der Waals surface area (Å²) in [5.74, 6) is -0.192. The molecule has 17 heavy (non-hydrogen) atoms. The number of halogens is 1. The molecule has 96 valence electrons. The standard InChI is InChI=1S/C10H11F.C4H8.C2H6/c1-7(2)9-6-8(3)4-5-10(9)11;1-3-4-2;1-2/h4-6H,1H2,2-3H3;3H,1,4H2,2H3;1-2H3. The molecule has 1 aromatic carbocycles. The van der Waals surface area contributed by atoms with Gasteiger partial charge in [0.25, 0.3) is 0 Å². The van der Waals surface area contributed by atoms with Gasteiger partial charge in [0.1, 0.15) is 5.82 Å². The van der Waals surface area contributed by atoms with Crippen LogP contribution < -0.4 is 0 Å². The molecule has 1 aromatic rings. The van der Waals surface area contributed by atoms with Crippen molar-refractivity contribution >= 4 is 5.57 Å². The highest BCUT2D eigenvalue weighted by Gasteiger charge is 2.00. The van der Waals surface area contributed by atoms with Crippen LogP contribution in [-0.4, -0.2) is 0 Å². The van der Waals surface area contributed by atoms with Gasteiger partial charge in [-0.1, -0.05) is 45.1 Å². The zero-order valence-corrected chi connectivity index (χ0v) is 11.8. The predicted molar refractivity (Wildman–Crippen MR) is 77.7 cm³/mol. The SMILES string of the molecule is C=C(C)c1cc(C)ccc1F.C=CCC.CC. The second-order valence-electron chi connectivity index (χ2n) is 3.46. The predicted octanol–water partition coefficient (Wildman–Crippen LogP) is 5.78. The number of hydrogen-bond acceptors (Lipinski definition) is 0. The van der Waals surface area contributed by atoms with Crippen LogP contribution in [0.25, 0.3) is 5.57 Å². The van der Waals surface area contributed by atoms with Gasteiger partial charge in [0.05, 0.1) is 0 Å². The maximum Gasteiger partial charge on any atom is 0.130 e. The lowest BCUT2D eigenvalue weighted by atomic mass is 10.1. The molecular weight excluding hydrogens is 211 g/mol. The number of benzene rings is 1. The molecule has 0 unspecified atom stereocenters. The molecule has 0 aromatic heterocycles. The molecule has 0 saturated heterocycles. The van der Waals surface area contributed by atoms with Gasteiger partial charge in [-0.05, 0) is 38.0 Å². The number of allylic oxidation sites excluding steroid dienone is 2. The van der Waals surface area contributed by atoms with Gasteiger partial charge in [-0.25, -0.2) is 4.39 Å². The first-order valence-corrected chi connectivity index (χ1v) is 6.05. The van der Waals surface area contributed by atoms with E-state index in [4.69, 9.17) is 0 Å². The minimum atomic E-state index is -0.192. The monoisotopic (exact) mass is 236 g/mol. The van der Waals surface area contributed by atoms with E-state index in [1.807, 2.05) is 26.8 Å². The van der Waals surface area contributed by atoms with Gasteiger partial charge in [0.15, 0.2) is 0 Å². The van der Waals surface area contributed by atoms with Crippen molar-refractivity contribution in [2.45, 2.75) is 41.0 Å². The molecule has 0 amide bonds. The Labute approximate surface area is 106 Å². The summed E-state index contributed by atoms with van der Waals surface area (Å²) < 4.78 is 13.0. The van der Waals surface area contributed by atoms with Gasteiger partial charge in [0.2, 0.25) is 0 Å². The quantitative estimate of drug-likeness (QED) is 0.571. The number of aryl methyl sites for hydroxylation is 1. The van der Waals surface area contributed by atoms with Gasteiger partial charge in [-0.3, -0.25) is 0 Å². The largest absolute Gasteiger partial charge is 0.206 e. The summed E-state index contributed by atoms with van der Waals surface area (Å²) in [5.41, 5.74) is 2.45. The first-order valence-electron chi connectivity index (χ1n) is 6.05. The van der Waals surface area contributed by atoms with E-state index in [0.717, 1.165) is 17.6 Å². The number of hydrogen-bond donors (Lipinski definition) is 0. The van der Waals surface area contributed by atoms with Crippen molar-refractivity contribution in [1.29, 1.82) is 0 Å². The van der Waals surface area contributed by atoms with E-state index in [1.165, 1.54) is 6.07 Å². The molecule has 0 nitrogen and oxygen atoms in total. The Morgan fingerprint density at radius 3 is 2.12 bits per heavy atom. The third-order valence-electron chi connectivity index (χ3n) is 1.87. The zero-order chi connectivity index (χ0) is 13.8. The molecule has 0 fully saturated rings. The number of rotatable bonds is 2. The van der Waals surface area contributed by atoms with Crippen LogP contribution in [0, 0.1) is 12.7 Å². The second-order valence-corrected chi connectivity index (χ2v) is 3.46. The Morgan fingerprint density at radius 1 is 1.35 bits per heavy atom. The molecule has 0 aliphatic carbocycles. The van der Waals surface area contributed by atoms with Crippen LogP contribution >= 0.6 is 0 Å². The average molecular weight is 236 g/mol. The van der Waals surface area contributed by atoms with Gasteiger partial charge < -0.3 is 0 Å². The fourth-order valence-corrected chi connectivity index (χ4v) is 0.966. The molecule has 1 rings (SSSR count). The third-order valence-corrected chi connectivity index (χ3v) is 1.87. The lowest BCUT2D eigenvalue weighted by Crippen LogP contribution is -1.86. The van der Waals surface area contributed by atoms with Crippen molar-refractivity contribution in [1.82, 2.24) is 0 Å². The summed E-state index contributed by atoms with van der Waals surface area (Å²) in [7, 11) is 0. The maximum absolute atomic E-state index is 13.0. The molecular formula is C16H25F. The van der Waals surface area contributed by atoms with Gasteiger partial charge in [0, 0.05) is 5.56 Å². The van der Waals surface area contributed by atoms with Crippen LogP contribution in [0.2, 0.25) is 0 Å². The molecule has 0 spiro atoms. The Bertz CT molecular complexity index is 337. The highest BCUT2D eigenvalue weighted by atomic mass is 19.1. The van der Waals surface area contributed by atoms with Crippen molar-refractivity contribution in [2.75, 3.05) is 0 Å². The van der Waals surface area contributed by atoms with E-state index in [2.05, 4.69) is 20.1 Å². The highest BCUT2D eigenvalue weighted by Crippen LogP contribution is 2.16. The van der Waals surface area contributed by atoms with E-state index in [-0.39, 0.29) is 5.82 Å². The Hall–Kier alpha value is -1.37. The third kappa shape index (κ3) is 8.44. The molecule has 0 radical (unpaired) electrons. The summed E-state index contributed by atoms with van der Waals surface area (Å²) >= 11 is 0. The molecule has 0 atom stereocenters. The van der Waals surface area contributed by atoms with E-state index in [0.29, 0.717) is 5.56 Å². The smallest absolute Gasteiger partial charge is 0.130 e. The minimum Gasteiger partial charge on any atom is -0.206 e. The molecule has 0 saturated carbocycles. The zero-order valence-electron chi connectivity index (χ0n) is 11.8. The lowest BCUT2D eigenvalue weighted by Gasteiger charge is -2.02. The fourth-order valence-electron chi connectivity index (χ4n) is 0.966. The summed E-state index contributed by atoms with van der Waals surface area (Å²) in [4.78, 5) is 0.